The third kappa shape index (κ3) is 2.47. The van der Waals surface area contributed by atoms with Crippen molar-refractivity contribution in [2.24, 2.45) is 0 Å². The van der Waals surface area contributed by atoms with E-state index in [-0.39, 0.29) is 18.0 Å². The molecule has 0 spiro atoms. The Kier molecular flexibility index (Phi) is 3.81. The molecule has 0 saturated carbocycles. The molecule has 0 fully saturated rings. The second kappa shape index (κ2) is 5.10. The highest BCUT2D eigenvalue weighted by atomic mass is 32.1. The number of carboxylic acids is 1. The van der Waals surface area contributed by atoms with E-state index >= 15 is 0 Å². The molecule has 16 heavy (non-hydrogen) atoms. The number of carbonyl (C=O) groups is 1. The quantitative estimate of drug-likeness (QED) is 0.782. The molecule has 0 unspecified atom stereocenters. The second-order valence-corrected chi connectivity index (χ2v) is 3.87. The highest BCUT2D eigenvalue weighted by molar-refractivity contribution is 7.17. The van der Waals surface area contributed by atoms with Crippen LogP contribution in [-0.2, 0) is 0 Å². The molecule has 1 heterocycles. The van der Waals surface area contributed by atoms with E-state index in [1.54, 1.807) is 6.92 Å². The Hall–Kier alpha value is -2.12. The SMILES string of the molecule is Cc1nc(N(CC#N)CC#N)sc1C(=O)O. The first kappa shape index (κ1) is 12.0. The monoisotopic (exact) mass is 236 g/mol. The zero-order chi connectivity index (χ0) is 12.1. The number of aromatic carboxylic acids is 1. The van der Waals surface area contributed by atoms with Gasteiger partial charge in [0, 0.05) is 0 Å². The smallest absolute Gasteiger partial charge is 0.347 e. The molecule has 1 N–H and O–H groups in total. The molecule has 82 valence electrons. The van der Waals surface area contributed by atoms with Crippen molar-refractivity contribution in [3.63, 3.8) is 0 Å². The van der Waals surface area contributed by atoms with Gasteiger partial charge < -0.3 is 10.0 Å². The molecule has 1 rings (SSSR count). The summed E-state index contributed by atoms with van der Waals surface area (Å²) in [5.41, 5.74) is 0.397. The number of anilines is 1. The molecular weight excluding hydrogens is 228 g/mol. The van der Waals surface area contributed by atoms with E-state index in [4.69, 9.17) is 15.6 Å². The van der Waals surface area contributed by atoms with Crippen LogP contribution in [0.5, 0.6) is 0 Å². The molecule has 0 aliphatic carbocycles. The van der Waals surface area contributed by atoms with Gasteiger partial charge >= 0.3 is 5.97 Å². The number of aromatic nitrogens is 1. The van der Waals surface area contributed by atoms with Crippen LogP contribution in [-0.4, -0.2) is 29.1 Å². The van der Waals surface area contributed by atoms with E-state index in [1.165, 1.54) is 4.90 Å². The molecule has 0 aliphatic rings. The highest BCUT2D eigenvalue weighted by Gasteiger charge is 2.17. The summed E-state index contributed by atoms with van der Waals surface area (Å²) in [5, 5.41) is 26.4. The van der Waals surface area contributed by atoms with E-state index in [1.807, 2.05) is 12.1 Å². The number of nitriles is 2. The fraction of sp³-hybridized carbons (Fsp3) is 0.333. The summed E-state index contributed by atoms with van der Waals surface area (Å²) < 4.78 is 0. The van der Waals surface area contributed by atoms with Crippen molar-refractivity contribution < 1.29 is 9.90 Å². The molecule has 6 nitrogen and oxygen atoms in total. The van der Waals surface area contributed by atoms with Gasteiger partial charge in [0.1, 0.15) is 18.0 Å². The van der Waals surface area contributed by atoms with Crippen LogP contribution in [0.1, 0.15) is 15.4 Å². The Bertz CT molecular complexity index is 467. The van der Waals surface area contributed by atoms with E-state index in [0.29, 0.717) is 10.8 Å². The van der Waals surface area contributed by atoms with Crippen LogP contribution in [0.4, 0.5) is 5.13 Å². The van der Waals surface area contributed by atoms with Gasteiger partial charge in [-0.2, -0.15) is 10.5 Å². The lowest BCUT2D eigenvalue weighted by molar-refractivity contribution is 0.0701. The van der Waals surface area contributed by atoms with E-state index in [0.717, 1.165) is 11.3 Å². The van der Waals surface area contributed by atoms with Crippen molar-refractivity contribution in [2.45, 2.75) is 6.92 Å². The normalized spacial score (nSPS) is 9.19. The maximum atomic E-state index is 10.8. The average molecular weight is 236 g/mol. The van der Waals surface area contributed by atoms with Crippen molar-refractivity contribution >= 4 is 22.4 Å². The Balaban J connectivity index is 3.03. The van der Waals surface area contributed by atoms with E-state index in [9.17, 15) is 4.79 Å². The van der Waals surface area contributed by atoms with Crippen LogP contribution in [0.3, 0.4) is 0 Å². The maximum Gasteiger partial charge on any atom is 0.347 e. The van der Waals surface area contributed by atoms with Crippen molar-refractivity contribution in [1.82, 2.24) is 4.98 Å². The van der Waals surface area contributed by atoms with Gasteiger partial charge in [-0.05, 0) is 6.92 Å². The summed E-state index contributed by atoms with van der Waals surface area (Å²) in [6.07, 6.45) is 0. The zero-order valence-electron chi connectivity index (χ0n) is 8.47. The number of aryl methyl sites for hydroxylation is 1. The van der Waals surface area contributed by atoms with Gasteiger partial charge in [0.2, 0.25) is 0 Å². The largest absolute Gasteiger partial charge is 0.477 e. The molecule has 1 aromatic heterocycles. The minimum absolute atomic E-state index is 0.0135. The third-order valence-corrected chi connectivity index (χ3v) is 2.98. The van der Waals surface area contributed by atoms with E-state index < -0.39 is 5.97 Å². The Morgan fingerprint density at radius 1 is 1.50 bits per heavy atom. The summed E-state index contributed by atoms with van der Waals surface area (Å²) in [6.45, 7) is 1.61. The second-order valence-electron chi connectivity index (χ2n) is 2.89. The van der Waals surface area contributed by atoms with Crippen LogP contribution in [0.2, 0.25) is 0 Å². The molecular formula is C9H8N4O2S. The summed E-state index contributed by atoms with van der Waals surface area (Å²) in [7, 11) is 0. The van der Waals surface area contributed by atoms with Crippen molar-refractivity contribution in [1.29, 1.82) is 10.5 Å². The molecule has 0 radical (unpaired) electrons. The Morgan fingerprint density at radius 2 is 2.06 bits per heavy atom. The minimum Gasteiger partial charge on any atom is -0.477 e. The standard InChI is InChI=1S/C9H8N4O2S/c1-6-7(8(14)15)16-9(12-6)13(4-2-10)5-3-11/h4-5H2,1H3,(H,14,15). The number of thiazole rings is 1. The number of rotatable bonds is 4. The molecule has 7 heteroatoms. The first-order valence-corrected chi connectivity index (χ1v) is 5.11. The Labute approximate surface area is 96.0 Å². The van der Waals surface area contributed by atoms with Crippen molar-refractivity contribution in [2.75, 3.05) is 18.0 Å². The zero-order valence-corrected chi connectivity index (χ0v) is 9.28. The summed E-state index contributed by atoms with van der Waals surface area (Å²) in [4.78, 5) is 16.4. The highest BCUT2D eigenvalue weighted by Crippen LogP contribution is 2.25. The molecule has 1 aromatic rings. The number of hydrogen-bond donors (Lipinski definition) is 1. The van der Waals surface area contributed by atoms with E-state index in [2.05, 4.69) is 4.98 Å². The lowest BCUT2D eigenvalue weighted by atomic mass is 10.4. The molecule has 0 saturated heterocycles. The fourth-order valence-corrected chi connectivity index (χ4v) is 1.98. The number of nitrogens with zero attached hydrogens (tertiary/aromatic N) is 4. The Morgan fingerprint density at radius 3 is 2.44 bits per heavy atom. The summed E-state index contributed by atoms with van der Waals surface area (Å²) >= 11 is 0.969. The molecule has 0 bridgehead atoms. The molecule has 0 amide bonds. The lowest BCUT2D eigenvalue weighted by Gasteiger charge is -2.12. The summed E-state index contributed by atoms with van der Waals surface area (Å²) in [6, 6.07) is 3.81. The van der Waals surface area contributed by atoms with Gasteiger partial charge in [-0.1, -0.05) is 11.3 Å². The summed E-state index contributed by atoms with van der Waals surface area (Å²) in [5.74, 6) is -1.05. The van der Waals surface area contributed by atoms with Crippen LogP contribution >= 0.6 is 11.3 Å². The van der Waals surface area contributed by atoms with Crippen molar-refractivity contribution in [3.8, 4) is 12.1 Å². The topological polar surface area (TPSA) is 101 Å². The van der Waals surface area contributed by atoms with Crippen LogP contribution < -0.4 is 4.90 Å². The predicted molar refractivity (Wildman–Crippen MR) is 57.2 cm³/mol. The minimum atomic E-state index is -1.05. The predicted octanol–water partition coefficient (Wildman–Crippen LogP) is 1.00. The number of carboxylic acid groups (broad SMARTS) is 1. The van der Waals surface area contributed by atoms with Crippen LogP contribution in [0, 0.1) is 29.6 Å². The van der Waals surface area contributed by atoms with Crippen LogP contribution in [0.25, 0.3) is 0 Å². The van der Waals surface area contributed by atoms with Gasteiger partial charge in [-0.15, -0.1) is 0 Å². The van der Waals surface area contributed by atoms with Crippen molar-refractivity contribution in [3.05, 3.63) is 10.6 Å². The average Bonchev–Trinajstić information content (AvgIpc) is 2.60. The molecule has 0 aliphatic heterocycles. The number of hydrogen-bond acceptors (Lipinski definition) is 6. The maximum absolute atomic E-state index is 10.8. The first-order chi connectivity index (χ1) is 7.60. The fourth-order valence-electron chi connectivity index (χ4n) is 1.08. The van der Waals surface area contributed by atoms with Gasteiger partial charge in [0.05, 0.1) is 17.8 Å². The lowest BCUT2D eigenvalue weighted by Crippen LogP contribution is -2.23. The molecule has 0 aromatic carbocycles. The third-order valence-electron chi connectivity index (χ3n) is 1.77. The van der Waals surface area contributed by atoms with Gasteiger partial charge in [-0.3, -0.25) is 0 Å². The molecule has 0 atom stereocenters. The van der Waals surface area contributed by atoms with Crippen LogP contribution in [0.15, 0.2) is 0 Å². The van der Waals surface area contributed by atoms with Gasteiger partial charge in [-0.25, -0.2) is 9.78 Å². The van der Waals surface area contributed by atoms with Gasteiger partial charge in [0.15, 0.2) is 5.13 Å². The first-order valence-electron chi connectivity index (χ1n) is 4.29. The van der Waals surface area contributed by atoms with Gasteiger partial charge in [0.25, 0.3) is 0 Å².